The van der Waals surface area contributed by atoms with Crippen LogP contribution in [0.2, 0.25) is 0 Å². The number of aryl methyl sites for hydroxylation is 2. The van der Waals surface area contributed by atoms with Crippen molar-refractivity contribution >= 4 is 31.6 Å². The van der Waals surface area contributed by atoms with Gasteiger partial charge in [-0.25, -0.2) is 30.8 Å². The molecule has 0 fully saturated rings. The number of ether oxygens (including phenoxy) is 4. The Bertz CT molecular complexity index is 1330. The van der Waals surface area contributed by atoms with Gasteiger partial charge in [-0.2, -0.15) is 0 Å². The summed E-state index contributed by atoms with van der Waals surface area (Å²) in [5, 5.41) is 0. The lowest BCUT2D eigenvalue weighted by Gasteiger charge is -2.17. The van der Waals surface area contributed by atoms with Crippen LogP contribution in [-0.2, 0) is 50.0 Å². The van der Waals surface area contributed by atoms with Crippen LogP contribution in [-0.4, -0.2) is 56.6 Å². The third-order valence-electron chi connectivity index (χ3n) is 4.37. The molecule has 0 aliphatic heterocycles. The highest BCUT2D eigenvalue weighted by molar-refractivity contribution is 7.85. The summed E-state index contributed by atoms with van der Waals surface area (Å²) in [6, 6.07) is 5.96. The van der Waals surface area contributed by atoms with Gasteiger partial charge in [0.1, 0.15) is 26.4 Å². The van der Waals surface area contributed by atoms with E-state index in [0.717, 1.165) is 12.5 Å². The molecule has 0 aliphatic carbocycles. The maximum Gasteiger partial charge on any atom is 0.245 e. The Morgan fingerprint density at radius 2 is 1.10 bits per heavy atom. The first-order chi connectivity index (χ1) is 18.8. The summed E-state index contributed by atoms with van der Waals surface area (Å²) in [7, 11) is -11.9. The monoisotopic (exact) mass is 624 g/mol. The van der Waals surface area contributed by atoms with E-state index in [4.69, 9.17) is 18.9 Å². The Balaban J connectivity index is 2.31. The average molecular weight is 625 g/mol. The fourth-order valence-electron chi connectivity index (χ4n) is 3.01. The zero-order valence-electron chi connectivity index (χ0n) is 21.1. The normalized spacial score (nSPS) is 11.7. The van der Waals surface area contributed by atoms with E-state index < -0.39 is 44.8 Å². The van der Waals surface area contributed by atoms with Gasteiger partial charge in [-0.15, -0.1) is 8.67 Å². The van der Waals surface area contributed by atoms with Gasteiger partial charge in [-0.3, -0.25) is 0 Å². The summed E-state index contributed by atoms with van der Waals surface area (Å²) in [4.78, 5) is 9.09. The number of benzene rings is 2. The molecule has 15 nitrogen and oxygen atoms in total. The van der Waals surface area contributed by atoms with Gasteiger partial charge in [-0.1, -0.05) is 13.2 Å². The standard InChI is InChI=1S/C22H26O15S3/c1-5-30-21-15(3)11-17(13-19(21)32-7-9-34-36-39(24,25)26)38(23)18-12-16(4)22(31-6-2)20(14-18)33-8-10-35-37-40(27,28)29/h5-6,11-14H,1-2,7-10H2,3-4H3,(H,24,25,26)(H,27,28,29)/p-2. The van der Waals surface area contributed by atoms with Crippen LogP contribution in [0, 0.1) is 13.8 Å². The van der Waals surface area contributed by atoms with Crippen LogP contribution in [0.3, 0.4) is 0 Å². The highest BCUT2D eigenvalue weighted by Gasteiger charge is 2.19. The average Bonchev–Trinajstić information content (AvgIpc) is 2.85. The molecule has 40 heavy (non-hydrogen) atoms. The minimum absolute atomic E-state index is 0.0992. The Morgan fingerprint density at radius 1 is 0.725 bits per heavy atom. The van der Waals surface area contributed by atoms with Gasteiger partial charge in [0.25, 0.3) is 0 Å². The van der Waals surface area contributed by atoms with Gasteiger partial charge in [-0.05, 0) is 37.1 Å². The summed E-state index contributed by atoms with van der Waals surface area (Å²) in [6.07, 6.45) is 2.28. The second kappa shape index (κ2) is 15.1. The van der Waals surface area contributed by atoms with Crippen molar-refractivity contribution < 1.29 is 67.5 Å². The molecule has 0 N–H and O–H groups in total. The molecule has 0 unspecified atom stereocenters. The van der Waals surface area contributed by atoms with Crippen LogP contribution in [0.4, 0.5) is 0 Å². The van der Waals surface area contributed by atoms with Crippen LogP contribution in [0.5, 0.6) is 23.0 Å². The molecule has 0 radical (unpaired) electrons. The summed E-state index contributed by atoms with van der Waals surface area (Å²) in [5.74, 6) is 0.653. The van der Waals surface area contributed by atoms with Crippen molar-refractivity contribution in [3.8, 4) is 23.0 Å². The minimum Gasteiger partial charge on any atom is -0.724 e. The van der Waals surface area contributed by atoms with Crippen molar-refractivity contribution in [3.05, 3.63) is 61.1 Å². The predicted molar refractivity (Wildman–Crippen MR) is 133 cm³/mol. The zero-order valence-corrected chi connectivity index (χ0v) is 23.5. The third-order valence-corrected chi connectivity index (χ3v) is 6.22. The van der Waals surface area contributed by atoms with Gasteiger partial charge >= 0.3 is 0 Å². The largest absolute Gasteiger partial charge is 0.724 e. The molecule has 2 rings (SSSR count). The fraction of sp³-hybridized carbons (Fsp3) is 0.273. The van der Waals surface area contributed by atoms with Gasteiger partial charge in [0.2, 0.25) is 20.8 Å². The van der Waals surface area contributed by atoms with Gasteiger partial charge < -0.3 is 28.1 Å². The first-order valence-electron chi connectivity index (χ1n) is 10.8. The lowest BCUT2D eigenvalue weighted by atomic mass is 10.2. The maximum absolute atomic E-state index is 13.6. The van der Waals surface area contributed by atoms with Crippen molar-refractivity contribution in [2.75, 3.05) is 26.4 Å². The quantitative estimate of drug-likeness (QED) is 0.0581. The lowest BCUT2D eigenvalue weighted by molar-refractivity contribution is -0.212. The molecule has 0 aliphatic rings. The summed E-state index contributed by atoms with van der Waals surface area (Å²) < 4.78 is 105. The van der Waals surface area contributed by atoms with E-state index in [1.54, 1.807) is 26.0 Å². The van der Waals surface area contributed by atoms with Crippen LogP contribution >= 0.6 is 0 Å². The van der Waals surface area contributed by atoms with Crippen LogP contribution < -0.4 is 18.9 Å². The van der Waals surface area contributed by atoms with Crippen molar-refractivity contribution in [1.82, 2.24) is 0 Å². The smallest absolute Gasteiger partial charge is 0.245 e. The highest BCUT2D eigenvalue weighted by atomic mass is 32.3. The van der Waals surface area contributed by atoms with Crippen molar-refractivity contribution in [2.45, 2.75) is 23.6 Å². The van der Waals surface area contributed by atoms with E-state index >= 15 is 0 Å². The Morgan fingerprint density at radius 3 is 1.43 bits per heavy atom. The maximum atomic E-state index is 13.6. The highest BCUT2D eigenvalue weighted by Crippen LogP contribution is 2.38. The number of hydrogen-bond donors (Lipinski definition) is 0. The molecule has 0 aromatic heterocycles. The van der Waals surface area contributed by atoms with Gasteiger partial charge in [0, 0.05) is 21.9 Å². The second-order valence-electron chi connectivity index (χ2n) is 7.27. The lowest BCUT2D eigenvalue weighted by Crippen LogP contribution is -2.12. The Labute approximate surface area is 233 Å². The molecule has 0 heterocycles. The van der Waals surface area contributed by atoms with Crippen LogP contribution in [0.25, 0.3) is 0 Å². The number of hydrogen-bond acceptors (Lipinski definition) is 15. The molecule has 18 heteroatoms. The predicted octanol–water partition coefficient (Wildman–Crippen LogP) is 2.09. The third kappa shape index (κ3) is 10.8. The molecule has 0 atom stereocenters. The van der Waals surface area contributed by atoms with Gasteiger partial charge in [0.05, 0.1) is 23.3 Å². The molecular weight excluding hydrogens is 600 g/mol. The van der Waals surface area contributed by atoms with Crippen LogP contribution in [0.15, 0.2) is 59.7 Å². The first-order valence-corrected chi connectivity index (χ1v) is 14.6. The second-order valence-corrected chi connectivity index (χ2v) is 10.7. The van der Waals surface area contributed by atoms with Gasteiger partial charge in [0.15, 0.2) is 23.0 Å². The first kappa shape index (κ1) is 33.1. The van der Waals surface area contributed by atoms with E-state index in [-0.39, 0.29) is 46.0 Å². The molecule has 0 amide bonds. The molecule has 0 saturated carbocycles. The Hall–Kier alpha value is -3.07. The molecule has 2 aromatic carbocycles. The molecule has 2 aromatic rings. The minimum atomic E-state index is -5.05. The van der Waals surface area contributed by atoms with E-state index in [0.29, 0.717) is 11.1 Å². The summed E-state index contributed by atoms with van der Waals surface area (Å²) in [6.45, 7) is 8.86. The van der Waals surface area contributed by atoms with Crippen molar-refractivity contribution in [1.29, 1.82) is 0 Å². The zero-order chi connectivity index (χ0) is 29.9. The van der Waals surface area contributed by atoms with E-state index in [1.165, 1.54) is 12.1 Å². The van der Waals surface area contributed by atoms with Crippen molar-refractivity contribution in [3.63, 3.8) is 0 Å². The van der Waals surface area contributed by atoms with Crippen LogP contribution in [0.1, 0.15) is 11.1 Å². The summed E-state index contributed by atoms with van der Waals surface area (Å²) >= 11 is 0. The summed E-state index contributed by atoms with van der Waals surface area (Å²) in [5.41, 5.74) is 1.01. The molecule has 222 valence electrons. The molecule has 0 saturated heterocycles. The molecular formula is C22H24O15S3-2. The number of rotatable bonds is 18. The van der Waals surface area contributed by atoms with E-state index in [1.807, 2.05) is 0 Å². The molecule has 0 bridgehead atoms. The fourth-order valence-corrected chi connectivity index (χ4v) is 4.65. The topological polar surface area (TPSA) is 205 Å². The molecule has 0 spiro atoms. The van der Waals surface area contributed by atoms with E-state index in [9.17, 15) is 30.1 Å². The van der Waals surface area contributed by atoms with E-state index in [2.05, 4.69) is 31.6 Å². The Kier molecular flexibility index (Phi) is 12.5. The SMILES string of the molecule is C=COc1c(C)cc(S(=O)c2cc(C)c(OC=C)c(OCCOOS(=O)(=O)[O-])c2)cc1OCCOOS(=O)(=O)[O-]. The van der Waals surface area contributed by atoms with Crippen molar-refractivity contribution in [2.24, 2.45) is 0 Å².